The Morgan fingerprint density at radius 1 is 0.968 bits per heavy atom. The van der Waals surface area contributed by atoms with Crippen LogP contribution in [0.5, 0.6) is 0 Å². The van der Waals surface area contributed by atoms with Crippen molar-refractivity contribution in [1.29, 1.82) is 0 Å². The molecule has 3 aromatic rings. The van der Waals surface area contributed by atoms with Gasteiger partial charge in [-0.05, 0) is 42.0 Å². The van der Waals surface area contributed by atoms with Crippen molar-refractivity contribution in [3.8, 4) is 11.3 Å². The van der Waals surface area contributed by atoms with E-state index in [2.05, 4.69) is 58.5 Å². The molecule has 1 aliphatic heterocycles. The van der Waals surface area contributed by atoms with Crippen LogP contribution >= 0.6 is 0 Å². The lowest BCUT2D eigenvalue weighted by Gasteiger charge is -2.31. The highest BCUT2D eigenvalue weighted by atomic mass is 16.1. The van der Waals surface area contributed by atoms with E-state index in [9.17, 15) is 4.79 Å². The minimum Gasteiger partial charge on any atom is -0.355 e. The number of nitrogens with one attached hydrogen (secondary N) is 1. The van der Waals surface area contributed by atoms with Crippen LogP contribution in [0.25, 0.3) is 11.3 Å². The van der Waals surface area contributed by atoms with Crippen LogP contribution in [-0.4, -0.2) is 29.2 Å². The molecule has 160 valence electrons. The summed E-state index contributed by atoms with van der Waals surface area (Å²) in [6, 6.07) is 22.6. The monoisotopic (exact) mass is 414 g/mol. The van der Waals surface area contributed by atoms with E-state index in [1.807, 2.05) is 42.5 Å². The molecule has 4 rings (SSSR count). The third-order valence-electron chi connectivity index (χ3n) is 6.02. The third kappa shape index (κ3) is 5.29. The Hall–Kier alpha value is -3.21. The molecule has 1 aliphatic rings. The number of carbonyl (C=O) groups is 1. The van der Waals surface area contributed by atoms with Gasteiger partial charge in [0.25, 0.3) is 0 Å². The maximum atomic E-state index is 12.6. The summed E-state index contributed by atoms with van der Waals surface area (Å²) in [7, 11) is 0. The molecule has 0 spiro atoms. The van der Waals surface area contributed by atoms with Gasteiger partial charge in [-0.25, -0.2) is 0 Å². The van der Waals surface area contributed by atoms with Gasteiger partial charge in [0.2, 0.25) is 5.91 Å². The van der Waals surface area contributed by atoms with Gasteiger partial charge < -0.3 is 10.2 Å². The standard InChI is InChI=1S/C26H30N4O/c1-19(2)21-10-8-20(9-11-21)18-27-26(31)23-14-16-30(17-15-23)25-13-12-24(28-29-25)22-6-4-3-5-7-22/h3-13,19,23H,14-18H2,1-2H3,(H,27,31). The van der Waals surface area contributed by atoms with Gasteiger partial charge in [0.05, 0.1) is 5.69 Å². The third-order valence-corrected chi connectivity index (χ3v) is 6.02. The molecule has 0 saturated carbocycles. The molecule has 1 aromatic heterocycles. The number of rotatable bonds is 6. The van der Waals surface area contributed by atoms with Gasteiger partial charge in [-0.15, -0.1) is 10.2 Å². The van der Waals surface area contributed by atoms with E-state index < -0.39 is 0 Å². The first-order chi connectivity index (χ1) is 15.1. The smallest absolute Gasteiger partial charge is 0.223 e. The zero-order chi connectivity index (χ0) is 21.6. The first-order valence-electron chi connectivity index (χ1n) is 11.1. The Morgan fingerprint density at radius 3 is 2.29 bits per heavy atom. The van der Waals surface area contributed by atoms with Crippen LogP contribution in [0.15, 0.2) is 66.7 Å². The van der Waals surface area contributed by atoms with Crippen LogP contribution in [0, 0.1) is 5.92 Å². The van der Waals surface area contributed by atoms with E-state index in [0.29, 0.717) is 12.5 Å². The molecule has 1 amide bonds. The van der Waals surface area contributed by atoms with Crippen LogP contribution in [0.3, 0.4) is 0 Å². The second kappa shape index (κ2) is 9.73. The van der Waals surface area contributed by atoms with Crippen molar-refractivity contribution in [2.75, 3.05) is 18.0 Å². The van der Waals surface area contributed by atoms with Crippen molar-refractivity contribution >= 4 is 11.7 Å². The summed E-state index contributed by atoms with van der Waals surface area (Å²) < 4.78 is 0. The van der Waals surface area contributed by atoms with Gasteiger partial charge in [0.1, 0.15) is 0 Å². The molecule has 1 saturated heterocycles. The van der Waals surface area contributed by atoms with E-state index in [1.165, 1.54) is 5.56 Å². The number of nitrogens with zero attached hydrogens (tertiary/aromatic N) is 3. The maximum Gasteiger partial charge on any atom is 0.223 e. The number of piperidine rings is 1. The van der Waals surface area contributed by atoms with Gasteiger partial charge in [0, 0.05) is 31.1 Å². The van der Waals surface area contributed by atoms with Gasteiger partial charge >= 0.3 is 0 Å². The highest BCUT2D eigenvalue weighted by Gasteiger charge is 2.25. The SMILES string of the molecule is CC(C)c1ccc(CNC(=O)C2CCN(c3ccc(-c4ccccc4)nn3)CC2)cc1. The van der Waals surface area contributed by atoms with Crippen molar-refractivity contribution < 1.29 is 4.79 Å². The van der Waals surface area contributed by atoms with Crippen molar-refractivity contribution in [2.45, 2.75) is 39.2 Å². The van der Waals surface area contributed by atoms with E-state index >= 15 is 0 Å². The normalized spacial score (nSPS) is 14.6. The Balaban J connectivity index is 1.26. The predicted molar refractivity (Wildman–Crippen MR) is 125 cm³/mol. The van der Waals surface area contributed by atoms with E-state index in [0.717, 1.165) is 48.6 Å². The lowest BCUT2D eigenvalue weighted by molar-refractivity contribution is -0.125. The average molecular weight is 415 g/mol. The second-order valence-corrected chi connectivity index (χ2v) is 8.52. The summed E-state index contributed by atoms with van der Waals surface area (Å²) in [6.45, 7) is 6.60. The van der Waals surface area contributed by atoms with E-state index in [-0.39, 0.29) is 11.8 Å². The van der Waals surface area contributed by atoms with Gasteiger partial charge in [-0.3, -0.25) is 4.79 Å². The lowest BCUT2D eigenvalue weighted by atomic mass is 9.95. The fraction of sp³-hybridized carbons (Fsp3) is 0.346. The lowest BCUT2D eigenvalue weighted by Crippen LogP contribution is -2.40. The van der Waals surface area contributed by atoms with Crippen molar-refractivity contribution in [1.82, 2.24) is 15.5 Å². The molecular formula is C26H30N4O. The Labute approximate surface area is 184 Å². The quantitative estimate of drug-likeness (QED) is 0.629. The number of hydrogen-bond donors (Lipinski definition) is 1. The predicted octanol–water partition coefficient (Wildman–Crippen LogP) is 4.80. The van der Waals surface area contributed by atoms with Crippen LogP contribution in [0.2, 0.25) is 0 Å². The Morgan fingerprint density at radius 2 is 1.68 bits per heavy atom. The van der Waals surface area contributed by atoms with Crippen LogP contribution in [-0.2, 0) is 11.3 Å². The molecule has 2 aromatic carbocycles. The second-order valence-electron chi connectivity index (χ2n) is 8.52. The highest BCUT2D eigenvalue weighted by Crippen LogP contribution is 2.23. The van der Waals surface area contributed by atoms with Gasteiger partial charge in [-0.2, -0.15) is 0 Å². The highest BCUT2D eigenvalue weighted by molar-refractivity contribution is 5.79. The van der Waals surface area contributed by atoms with Crippen molar-refractivity contribution in [3.05, 3.63) is 77.9 Å². The Kier molecular flexibility index (Phi) is 6.60. The maximum absolute atomic E-state index is 12.6. The molecule has 1 fully saturated rings. The molecular weight excluding hydrogens is 384 g/mol. The number of carbonyl (C=O) groups excluding carboxylic acids is 1. The molecule has 0 bridgehead atoms. The number of benzene rings is 2. The zero-order valence-electron chi connectivity index (χ0n) is 18.3. The number of amides is 1. The zero-order valence-corrected chi connectivity index (χ0v) is 18.3. The number of anilines is 1. The summed E-state index contributed by atoms with van der Waals surface area (Å²) >= 11 is 0. The fourth-order valence-electron chi connectivity index (χ4n) is 3.98. The molecule has 0 atom stereocenters. The average Bonchev–Trinajstić information content (AvgIpc) is 2.83. The molecule has 5 heteroatoms. The molecule has 31 heavy (non-hydrogen) atoms. The first kappa shape index (κ1) is 21.0. The molecule has 0 unspecified atom stereocenters. The number of aromatic nitrogens is 2. The van der Waals surface area contributed by atoms with Crippen LogP contribution in [0.1, 0.15) is 43.7 Å². The van der Waals surface area contributed by atoms with Crippen LogP contribution < -0.4 is 10.2 Å². The fourth-order valence-corrected chi connectivity index (χ4v) is 3.98. The Bertz CT molecular complexity index is 976. The van der Waals surface area contributed by atoms with Gasteiger partial charge in [-0.1, -0.05) is 68.4 Å². The summed E-state index contributed by atoms with van der Waals surface area (Å²) in [5, 5.41) is 11.9. The summed E-state index contributed by atoms with van der Waals surface area (Å²) in [4.78, 5) is 14.9. The summed E-state index contributed by atoms with van der Waals surface area (Å²) in [6.07, 6.45) is 1.67. The van der Waals surface area contributed by atoms with Crippen LogP contribution in [0.4, 0.5) is 5.82 Å². The topological polar surface area (TPSA) is 58.1 Å². The minimum absolute atomic E-state index is 0.0581. The summed E-state index contributed by atoms with van der Waals surface area (Å²) in [5.74, 6) is 1.61. The molecule has 0 aliphatic carbocycles. The van der Waals surface area contributed by atoms with Gasteiger partial charge in [0.15, 0.2) is 5.82 Å². The first-order valence-corrected chi connectivity index (χ1v) is 11.1. The van der Waals surface area contributed by atoms with Crippen molar-refractivity contribution in [2.24, 2.45) is 5.92 Å². The minimum atomic E-state index is 0.0581. The van der Waals surface area contributed by atoms with E-state index in [1.54, 1.807) is 0 Å². The molecule has 0 radical (unpaired) electrons. The molecule has 5 nitrogen and oxygen atoms in total. The van der Waals surface area contributed by atoms with Crippen molar-refractivity contribution in [3.63, 3.8) is 0 Å². The summed E-state index contributed by atoms with van der Waals surface area (Å²) in [5.41, 5.74) is 4.40. The molecule has 2 heterocycles. The molecule has 1 N–H and O–H groups in total. The number of hydrogen-bond acceptors (Lipinski definition) is 4. The van der Waals surface area contributed by atoms with E-state index in [4.69, 9.17) is 0 Å². The largest absolute Gasteiger partial charge is 0.355 e.